The summed E-state index contributed by atoms with van der Waals surface area (Å²) >= 11 is 0. The standard InChI is InChI=1S/C11H14O4P/c1-14-11(12)10-5-3-9(4-6-10)7-8-16(13)15-2/h3-6H,7-8H2,1-2H3/q+1. The van der Waals surface area contributed by atoms with E-state index in [9.17, 15) is 9.36 Å². The molecule has 4 nitrogen and oxygen atoms in total. The fraction of sp³-hybridized carbons (Fsp3) is 0.364. The van der Waals surface area contributed by atoms with E-state index >= 15 is 0 Å². The maximum atomic E-state index is 11.1. The maximum absolute atomic E-state index is 11.1. The number of ether oxygens (including phenoxy) is 1. The van der Waals surface area contributed by atoms with Crippen molar-refractivity contribution < 1.29 is 18.6 Å². The number of methoxy groups -OCH3 is 1. The molecule has 0 bridgehead atoms. The van der Waals surface area contributed by atoms with Gasteiger partial charge in [-0.1, -0.05) is 12.1 Å². The van der Waals surface area contributed by atoms with Crippen LogP contribution in [-0.4, -0.2) is 26.4 Å². The molecule has 0 aliphatic carbocycles. The Bertz CT molecular complexity index is 372. The number of aryl methyl sites for hydroxylation is 1. The van der Waals surface area contributed by atoms with Gasteiger partial charge in [-0.3, -0.25) is 0 Å². The van der Waals surface area contributed by atoms with Crippen molar-refractivity contribution in [1.82, 2.24) is 0 Å². The van der Waals surface area contributed by atoms with Gasteiger partial charge in [0.05, 0.1) is 19.8 Å². The van der Waals surface area contributed by atoms with Crippen molar-refractivity contribution in [1.29, 1.82) is 0 Å². The molecule has 0 aliphatic heterocycles. The summed E-state index contributed by atoms with van der Waals surface area (Å²) in [5.41, 5.74) is 1.54. The second-order valence-corrected chi connectivity index (χ2v) is 4.66. The van der Waals surface area contributed by atoms with Gasteiger partial charge in [0.25, 0.3) is 0 Å². The van der Waals surface area contributed by atoms with Gasteiger partial charge in [0, 0.05) is 6.42 Å². The van der Waals surface area contributed by atoms with Crippen LogP contribution in [0.1, 0.15) is 15.9 Å². The topological polar surface area (TPSA) is 52.6 Å². The molecule has 1 aromatic carbocycles. The van der Waals surface area contributed by atoms with Crippen molar-refractivity contribution in [2.24, 2.45) is 0 Å². The Balaban J connectivity index is 2.58. The number of esters is 1. The van der Waals surface area contributed by atoms with E-state index in [1.807, 2.05) is 12.1 Å². The fourth-order valence-electron chi connectivity index (χ4n) is 1.24. The molecule has 1 unspecified atom stereocenters. The molecule has 86 valence electrons. The minimum atomic E-state index is -1.57. The first-order chi connectivity index (χ1) is 7.67. The molecule has 0 N–H and O–H groups in total. The second kappa shape index (κ2) is 6.36. The number of hydrogen-bond acceptors (Lipinski definition) is 4. The predicted molar refractivity (Wildman–Crippen MR) is 61.0 cm³/mol. The predicted octanol–water partition coefficient (Wildman–Crippen LogP) is 2.40. The van der Waals surface area contributed by atoms with Gasteiger partial charge in [-0.15, -0.1) is 4.52 Å². The van der Waals surface area contributed by atoms with Crippen LogP contribution >= 0.6 is 8.03 Å². The summed E-state index contributed by atoms with van der Waals surface area (Å²) in [5.74, 6) is -0.352. The number of carbonyl (C=O) groups excluding carboxylic acids is 1. The van der Waals surface area contributed by atoms with Crippen molar-refractivity contribution in [2.45, 2.75) is 6.42 Å². The maximum Gasteiger partial charge on any atom is 0.508 e. The lowest BCUT2D eigenvalue weighted by Gasteiger charge is -2.00. The van der Waals surface area contributed by atoms with Crippen LogP contribution in [0.25, 0.3) is 0 Å². The summed E-state index contributed by atoms with van der Waals surface area (Å²) < 4.78 is 20.3. The van der Waals surface area contributed by atoms with Crippen molar-refractivity contribution in [2.75, 3.05) is 20.4 Å². The lowest BCUT2D eigenvalue weighted by Crippen LogP contribution is -2.01. The first-order valence-corrected chi connectivity index (χ1v) is 6.19. The average molecular weight is 241 g/mol. The van der Waals surface area contributed by atoms with Gasteiger partial charge in [-0.25, -0.2) is 4.79 Å². The average Bonchev–Trinajstić information content (AvgIpc) is 2.35. The van der Waals surface area contributed by atoms with Crippen LogP contribution in [0, 0.1) is 0 Å². The van der Waals surface area contributed by atoms with Crippen LogP contribution in [0.5, 0.6) is 0 Å². The van der Waals surface area contributed by atoms with Crippen molar-refractivity contribution in [3.63, 3.8) is 0 Å². The molecule has 0 radical (unpaired) electrons. The molecule has 5 heteroatoms. The molecule has 0 fully saturated rings. The van der Waals surface area contributed by atoms with Crippen molar-refractivity contribution >= 4 is 14.0 Å². The summed E-state index contributed by atoms with van der Waals surface area (Å²) in [5, 5.41) is 0. The monoisotopic (exact) mass is 241 g/mol. The van der Waals surface area contributed by atoms with E-state index in [1.165, 1.54) is 14.2 Å². The summed E-state index contributed by atoms with van der Waals surface area (Å²) in [6.07, 6.45) is 1.16. The quantitative estimate of drug-likeness (QED) is 0.586. The zero-order valence-corrected chi connectivity index (χ0v) is 10.2. The van der Waals surface area contributed by atoms with Crippen LogP contribution in [0.4, 0.5) is 0 Å². The van der Waals surface area contributed by atoms with Crippen molar-refractivity contribution in [3.8, 4) is 0 Å². The van der Waals surface area contributed by atoms with Crippen LogP contribution in [0.15, 0.2) is 24.3 Å². The molecule has 0 aliphatic rings. The van der Waals surface area contributed by atoms with Gasteiger partial charge < -0.3 is 4.74 Å². The van der Waals surface area contributed by atoms with E-state index in [-0.39, 0.29) is 5.97 Å². The zero-order chi connectivity index (χ0) is 12.0. The third-order valence-corrected chi connectivity index (χ3v) is 3.16. The number of hydrogen-bond donors (Lipinski definition) is 0. The van der Waals surface area contributed by atoms with E-state index in [0.29, 0.717) is 18.1 Å². The minimum Gasteiger partial charge on any atom is -0.465 e. The number of benzene rings is 1. The van der Waals surface area contributed by atoms with Crippen molar-refractivity contribution in [3.05, 3.63) is 35.4 Å². The molecule has 16 heavy (non-hydrogen) atoms. The normalized spacial score (nSPS) is 11.0. The largest absolute Gasteiger partial charge is 0.508 e. The molecule has 0 aromatic heterocycles. The number of carbonyl (C=O) groups is 1. The lowest BCUT2D eigenvalue weighted by molar-refractivity contribution is 0.0600. The Hall–Kier alpha value is -1.25. The van der Waals surface area contributed by atoms with Gasteiger partial charge in [0.15, 0.2) is 6.16 Å². The molecular weight excluding hydrogens is 227 g/mol. The molecule has 0 heterocycles. The van der Waals surface area contributed by atoms with E-state index in [0.717, 1.165) is 5.56 Å². The molecule has 0 saturated heterocycles. The van der Waals surface area contributed by atoms with Gasteiger partial charge >= 0.3 is 14.0 Å². The van der Waals surface area contributed by atoms with E-state index in [1.54, 1.807) is 12.1 Å². The van der Waals surface area contributed by atoms with E-state index in [4.69, 9.17) is 0 Å². The minimum absolute atomic E-state index is 0.352. The van der Waals surface area contributed by atoms with Crippen LogP contribution in [0.3, 0.4) is 0 Å². The highest BCUT2D eigenvalue weighted by molar-refractivity contribution is 7.39. The van der Waals surface area contributed by atoms with E-state index < -0.39 is 8.03 Å². The Labute approximate surface area is 95.4 Å². The van der Waals surface area contributed by atoms with E-state index in [2.05, 4.69) is 9.26 Å². The molecule has 1 atom stereocenters. The fourth-order valence-corrected chi connectivity index (χ4v) is 1.86. The molecule has 0 spiro atoms. The summed E-state index contributed by atoms with van der Waals surface area (Å²) in [6, 6.07) is 7.04. The molecule has 0 amide bonds. The molecule has 1 aromatic rings. The Kier molecular flexibility index (Phi) is 5.09. The molecule has 1 rings (SSSR count). The summed E-state index contributed by atoms with van der Waals surface area (Å²) in [7, 11) is 1.21. The van der Waals surface area contributed by atoms with Crippen LogP contribution in [-0.2, 0) is 20.2 Å². The SMILES string of the molecule is COC(=O)c1ccc(CC[P+](=O)OC)cc1. The highest BCUT2D eigenvalue weighted by Gasteiger charge is 2.14. The smallest absolute Gasteiger partial charge is 0.465 e. The van der Waals surface area contributed by atoms with Gasteiger partial charge in [0.1, 0.15) is 0 Å². The molecule has 0 saturated carbocycles. The van der Waals surface area contributed by atoms with Gasteiger partial charge in [0.2, 0.25) is 0 Å². The highest BCUT2D eigenvalue weighted by Crippen LogP contribution is 2.21. The number of rotatable bonds is 5. The second-order valence-electron chi connectivity index (χ2n) is 3.18. The Morgan fingerprint density at radius 2 is 1.88 bits per heavy atom. The first-order valence-electron chi connectivity index (χ1n) is 4.83. The van der Waals surface area contributed by atoms with Crippen LogP contribution in [0.2, 0.25) is 0 Å². The van der Waals surface area contributed by atoms with Crippen LogP contribution < -0.4 is 0 Å². The van der Waals surface area contributed by atoms with Gasteiger partial charge in [-0.2, -0.15) is 0 Å². The zero-order valence-electron chi connectivity index (χ0n) is 9.30. The summed E-state index contributed by atoms with van der Waals surface area (Å²) in [4.78, 5) is 11.1. The summed E-state index contributed by atoms with van der Waals surface area (Å²) in [6.45, 7) is 0. The third-order valence-electron chi connectivity index (χ3n) is 2.16. The third kappa shape index (κ3) is 3.72. The van der Waals surface area contributed by atoms with Gasteiger partial charge in [-0.05, 0) is 22.3 Å². The Morgan fingerprint density at radius 1 is 1.25 bits per heavy atom. The molecular formula is C11H14O4P+. The first kappa shape index (κ1) is 12.8. The Morgan fingerprint density at radius 3 is 2.38 bits per heavy atom. The lowest BCUT2D eigenvalue weighted by atomic mass is 10.1. The highest BCUT2D eigenvalue weighted by atomic mass is 31.1.